The molecule has 0 fully saturated rings. The number of carbonyl (C=O) groups is 2. The average Bonchev–Trinajstić information content (AvgIpc) is 2.37. The van der Waals surface area contributed by atoms with Crippen LogP contribution in [-0.4, -0.2) is 31.1 Å². The van der Waals surface area contributed by atoms with Gasteiger partial charge >= 0.3 is 5.97 Å². The Morgan fingerprint density at radius 2 is 1.75 bits per heavy atom. The number of anilines is 1. The van der Waals surface area contributed by atoms with Crippen LogP contribution < -0.4 is 10.6 Å². The van der Waals surface area contributed by atoms with Gasteiger partial charge in [0.25, 0.3) is 0 Å². The molecule has 2 N–H and O–H groups in total. The summed E-state index contributed by atoms with van der Waals surface area (Å²) in [5, 5.41) is 6.03. The third kappa shape index (κ3) is 5.84. The van der Waals surface area contributed by atoms with Gasteiger partial charge in [0.1, 0.15) is 0 Å². The summed E-state index contributed by atoms with van der Waals surface area (Å²) in [4.78, 5) is 23.0. The van der Waals surface area contributed by atoms with Crippen LogP contribution >= 0.6 is 0 Å². The van der Waals surface area contributed by atoms with Gasteiger partial charge in [0.05, 0.1) is 12.7 Å². The molecule has 0 saturated carbocycles. The van der Waals surface area contributed by atoms with Gasteiger partial charge in [-0.15, -0.1) is 0 Å². The molecule has 0 aliphatic rings. The average molecular weight is 278 g/mol. The highest BCUT2D eigenvalue weighted by Crippen LogP contribution is 2.10. The first-order valence-corrected chi connectivity index (χ1v) is 6.55. The summed E-state index contributed by atoms with van der Waals surface area (Å²) in [6.45, 7) is 6.78. The van der Waals surface area contributed by atoms with Crippen LogP contribution in [0.5, 0.6) is 0 Å². The van der Waals surface area contributed by atoms with Crippen LogP contribution in [-0.2, 0) is 9.53 Å². The molecule has 110 valence electrons. The molecule has 0 spiro atoms. The molecule has 1 aromatic carbocycles. The molecule has 1 amide bonds. The Kier molecular flexibility index (Phi) is 5.70. The fourth-order valence-electron chi connectivity index (χ4n) is 1.58. The highest BCUT2D eigenvalue weighted by Gasteiger charge is 2.10. The van der Waals surface area contributed by atoms with Crippen molar-refractivity contribution >= 4 is 17.6 Å². The summed E-state index contributed by atoms with van der Waals surface area (Å²) in [5.74, 6) is -0.454. The van der Waals surface area contributed by atoms with E-state index in [9.17, 15) is 9.59 Å². The maximum Gasteiger partial charge on any atom is 0.337 e. The monoisotopic (exact) mass is 278 g/mol. The van der Waals surface area contributed by atoms with Crippen molar-refractivity contribution in [3.63, 3.8) is 0 Å². The van der Waals surface area contributed by atoms with Crippen molar-refractivity contribution in [2.24, 2.45) is 0 Å². The summed E-state index contributed by atoms with van der Waals surface area (Å²) in [6, 6.07) is 6.60. The van der Waals surface area contributed by atoms with E-state index in [2.05, 4.69) is 36.1 Å². The summed E-state index contributed by atoms with van der Waals surface area (Å²) < 4.78 is 4.61. The Balaban J connectivity index is 2.44. The number of hydrogen-bond acceptors (Lipinski definition) is 4. The molecule has 0 radical (unpaired) electrons. The van der Waals surface area contributed by atoms with E-state index in [0.717, 1.165) is 0 Å². The van der Waals surface area contributed by atoms with Crippen molar-refractivity contribution < 1.29 is 14.3 Å². The molecule has 1 rings (SSSR count). The number of hydrogen-bond donors (Lipinski definition) is 2. The molecule has 0 aliphatic carbocycles. The SMILES string of the molecule is COC(=O)c1ccc(NC(=O)CCNC(C)(C)C)cc1. The molecule has 0 atom stereocenters. The molecule has 0 unspecified atom stereocenters. The first-order valence-electron chi connectivity index (χ1n) is 6.55. The predicted molar refractivity (Wildman–Crippen MR) is 78.8 cm³/mol. The minimum Gasteiger partial charge on any atom is -0.465 e. The maximum absolute atomic E-state index is 11.7. The van der Waals surface area contributed by atoms with Crippen LogP contribution in [0.1, 0.15) is 37.6 Å². The Bertz CT molecular complexity index is 461. The van der Waals surface area contributed by atoms with E-state index in [1.165, 1.54) is 7.11 Å². The smallest absolute Gasteiger partial charge is 0.337 e. The third-order valence-corrected chi connectivity index (χ3v) is 2.60. The van der Waals surface area contributed by atoms with Crippen LogP contribution in [0.4, 0.5) is 5.69 Å². The van der Waals surface area contributed by atoms with Gasteiger partial charge in [-0.3, -0.25) is 4.79 Å². The van der Waals surface area contributed by atoms with Gasteiger partial charge in [-0.2, -0.15) is 0 Å². The van der Waals surface area contributed by atoms with E-state index in [1.807, 2.05) is 0 Å². The zero-order chi connectivity index (χ0) is 15.2. The quantitative estimate of drug-likeness (QED) is 0.810. The predicted octanol–water partition coefficient (Wildman–Crippen LogP) is 2.19. The van der Waals surface area contributed by atoms with Gasteiger partial charge in [0.15, 0.2) is 0 Å². The van der Waals surface area contributed by atoms with Crippen molar-refractivity contribution in [1.29, 1.82) is 0 Å². The van der Waals surface area contributed by atoms with Gasteiger partial charge in [-0.1, -0.05) is 0 Å². The molecule has 1 aromatic rings. The highest BCUT2D eigenvalue weighted by atomic mass is 16.5. The number of esters is 1. The van der Waals surface area contributed by atoms with Crippen molar-refractivity contribution in [3.8, 4) is 0 Å². The Hall–Kier alpha value is -1.88. The second-order valence-corrected chi connectivity index (χ2v) is 5.54. The van der Waals surface area contributed by atoms with Crippen molar-refractivity contribution in [2.45, 2.75) is 32.7 Å². The molecule has 5 heteroatoms. The molecule has 0 heterocycles. The van der Waals surface area contributed by atoms with Gasteiger partial charge < -0.3 is 15.4 Å². The molecular formula is C15H22N2O3. The van der Waals surface area contributed by atoms with E-state index in [1.54, 1.807) is 24.3 Å². The zero-order valence-corrected chi connectivity index (χ0v) is 12.4. The maximum atomic E-state index is 11.7. The van der Waals surface area contributed by atoms with Crippen LogP contribution in [0.3, 0.4) is 0 Å². The van der Waals surface area contributed by atoms with Gasteiger partial charge in [0.2, 0.25) is 5.91 Å². The van der Waals surface area contributed by atoms with Crippen molar-refractivity contribution in [2.75, 3.05) is 19.0 Å². The summed E-state index contributed by atoms with van der Waals surface area (Å²) in [7, 11) is 1.33. The summed E-state index contributed by atoms with van der Waals surface area (Å²) in [5.41, 5.74) is 1.13. The van der Waals surface area contributed by atoms with Crippen LogP contribution in [0, 0.1) is 0 Å². The first-order chi connectivity index (χ1) is 9.31. The Labute approximate surface area is 119 Å². The fourth-order valence-corrected chi connectivity index (χ4v) is 1.58. The molecule has 0 aromatic heterocycles. The summed E-state index contributed by atoms with van der Waals surface area (Å²) >= 11 is 0. The number of methoxy groups -OCH3 is 1. The number of nitrogens with one attached hydrogen (secondary N) is 2. The topological polar surface area (TPSA) is 67.4 Å². The lowest BCUT2D eigenvalue weighted by atomic mass is 10.1. The molecule has 0 bridgehead atoms. The van der Waals surface area contributed by atoms with Crippen LogP contribution in [0.25, 0.3) is 0 Å². The first kappa shape index (κ1) is 16.2. The second kappa shape index (κ2) is 7.05. The lowest BCUT2D eigenvalue weighted by Gasteiger charge is -2.20. The zero-order valence-electron chi connectivity index (χ0n) is 12.4. The fraction of sp³-hybridized carbons (Fsp3) is 0.467. The number of carbonyl (C=O) groups excluding carboxylic acids is 2. The lowest BCUT2D eigenvalue weighted by Crippen LogP contribution is -2.37. The summed E-state index contributed by atoms with van der Waals surface area (Å²) in [6.07, 6.45) is 0.399. The van der Waals surface area contributed by atoms with E-state index in [4.69, 9.17) is 0 Å². The van der Waals surface area contributed by atoms with Crippen LogP contribution in [0.2, 0.25) is 0 Å². The van der Waals surface area contributed by atoms with Gasteiger partial charge in [0, 0.05) is 24.2 Å². The normalized spacial score (nSPS) is 11.0. The highest BCUT2D eigenvalue weighted by molar-refractivity contribution is 5.93. The van der Waals surface area contributed by atoms with Crippen LogP contribution in [0.15, 0.2) is 24.3 Å². The molecule has 20 heavy (non-hydrogen) atoms. The van der Waals surface area contributed by atoms with Gasteiger partial charge in [-0.25, -0.2) is 4.79 Å². The van der Waals surface area contributed by atoms with E-state index < -0.39 is 5.97 Å². The molecule has 5 nitrogen and oxygen atoms in total. The molecular weight excluding hydrogens is 256 g/mol. The minimum atomic E-state index is -0.391. The number of amides is 1. The standard InChI is InChI=1S/C15H22N2O3/c1-15(2,3)16-10-9-13(18)17-12-7-5-11(6-8-12)14(19)20-4/h5-8,16H,9-10H2,1-4H3,(H,17,18). The number of ether oxygens (including phenoxy) is 1. The Morgan fingerprint density at radius 1 is 1.15 bits per heavy atom. The van der Waals surface area contributed by atoms with E-state index in [-0.39, 0.29) is 11.4 Å². The number of rotatable bonds is 5. The van der Waals surface area contributed by atoms with Gasteiger partial charge in [-0.05, 0) is 45.0 Å². The van der Waals surface area contributed by atoms with Crippen molar-refractivity contribution in [1.82, 2.24) is 5.32 Å². The van der Waals surface area contributed by atoms with E-state index in [0.29, 0.717) is 24.2 Å². The third-order valence-electron chi connectivity index (χ3n) is 2.60. The second-order valence-electron chi connectivity index (χ2n) is 5.54. The molecule has 0 aliphatic heterocycles. The number of benzene rings is 1. The van der Waals surface area contributed by atoms with E-state index >= 15 is 0 Å². The minimum absolute atomic E-state index is 0.00242. The Morgan fingerprint density at radius 3 is 2.25 bits per heavy atom. The lowest BCUT2D eigenvalue weighted by molar-refractivity contribution is -0.116. The molecule has 0 saturated heterocycles. The van der Waals surface area contributed by atoms with Crippen molar-refractivity contribution in [3.05, 3.63) is 29.8 Å². The largest absolute Gasteiger partial charge is 0.465 e.